The Hall–Kier alpha value is -3.25. The maximum atomic E-state index is 12.3. The van der Waals surface area contributed by atoms with Gasteiger partial charge in [0.2, 0.25) is 11.0 Å². The van der Waals surface area contributed by atoms with Gasteiger partial charge in [0.1, 0.15) is 10.8 Å². The van der Waals surface area contributed by atoms with Crippen molar-refractivity contribution in [2.24, 2.45) is 0 Å². The second kappa shape index (κ2) is 8.01. The van der Waals surface area contributed by atoms with E-state index in [0.29, 0.717) is 33.1 Å². The summed E-state index contributed by atoms with van der Waals surface area (Å²) in [5.41, 5.74) is 0.766. The summed E-state index contributed by atoms with van der Waals surface area (Å²) in [6, 6.07) is 8.69. The Balaban J connectivity index is 1.64. The van der Waals surface area contributed by atoms with Crippen LogP contribution >= 0.6 is 23.1 Å². The van der Waals surface area contributed by atoms with Crippen LogP contribution in [0.3, 0.4) is 0 Å². The molecule has 0 saturated heterocycles. The van der Waals surface area contributed by atoms with E-state index in [1.807, 2.05) is 25.1 Å². The molecule has 4 aromatic rings. The number of H-pyrrole nitrogens is 1. The molecule has 0 aliphatic heterocycles. The van der Waals surface area contributed by atoms with Crippen LogP contribution in [0, 0.1) is 6.92 Å². The highest BCUT2D eigenvalue weighted by atomic mass is 32.2. The molecule has 0 aliphatic rings. The number of ether oxygens (including phenoxy) is 1. The van der Waals surface area contributed by atoms with Crippen molar-refractivity contribution in [3.05, 3.63) is 45.7 Å². The van der Waals surface area contributed by atoms with Crippen LogP contribution in [0.15, 0.2) is 40.3 Å². The molecule has 0 spiro atoms. The molecule has 2 N–H and O–H groups in total. The maximum Gasteiger partial charge on any atom is 0.266 e. The van der Waals surface area contributed by atoms with Crippen LogP contribution < -0.4 is 15.6 Å². The zero-order chi connectivity index (χ0) is 20.4. The first-order valence-corrected chi connectivity index (χ1v) is 10.2. The largest absolute Gasteiger partial charge is 0.496 e. The van der Waals surface area contributed by atoms with Crippen molar-refractivity contribution >= 4 is 39.8 Å². The van der Waals surface area contributed by atoms with Gasteiger partial charge in [-0.1, -0.05) is 35.2 Å². The molecule has 29 heavy (non-hydrogen) atoms. The molecule has 4 rings (SSSR count). The number of rotatable bonds is 6. The molecular formula is C17H15N7O3S2. The number of methoxy groups -OCH3 is 1. The number of nitrogens with one attached hydrogen (secondary N) is 2. The number of thioether (sulfide) groups is 1. The summed E-state index contributed by atoms with van der Waals surface area (Å²) < 4.78 is 6.84. The van der Waals surface area contributed by atoms with E-state index in [9.17, 15) is 9.59 Å². The fourth-order valence-electron chi connectivity index (χ4n) is 2.56. The Labute approximate surface area is 172 Å². The van der Waals surface area contributed by atoms with Crippen LogP contribution in [-0.4, -0.2) is 48.5 Å². The number of carbonyl (C=O) groups is 1. The average Bonchev–Trinajstić information content (AvgIpc) is 3.30. The Morgan fingerprint density at radius 1 is 1.31 bits per heavy atom. The number of aromatic nitrogens is 6. The third-order valence-electron chi connectivity index (χ3n) is 3.78. The highest BCUT2D eigenvalue weighted by Gasteiger charge is 2.16. The van der Waals surface area contributed by atoms with Crippen LogP contribution in [0.4, 0.5) is 5.13 Å². The van der Waals surface area contributed by atoms with Gasteiger partial charge in [0.25, 0.3) is 5.56 Å². The molecule has 10 nitrogen and oxygen atoms in total. The molecule has 3 heterocycles. The van der Waals surface area contributed by atoms with E-state index < -0.39 is 0 Å². The summed E-state index contributed by atoms with van der Waals surface area (Å²) in [4.78, 5) is 33.1. The molecule has 0 fully saturated rings. The molecular weight excluding hydrogens is 414 g/mol. The van der Waals surface area contributed by atoms with Gasteiger partial charge in [0, 0.05) is 6.07 Å². The average molecular weight is 429 g/mol. The van der Waals surface area contributed by atoms with Crippen LogP contribution in [0.25, 0.3) is 17.0 Å². The van der Waals surface area contributed by atoms with E-state index in [0.717, 1.165) is 16.8 Å². The van der Waals surface area contributed by atoms with Gasteiger partial charge in [0.05, 0.1) is 18.4 Å². The van der Waals surface area contributed by atoms with Crippen molar-refractivity contribution in [3.8, 4) is 17.1 Å². The Bertz CT molecular complexity index is 1250. The van der Waals surface area contributed by atoms with Crippen molar-refractivity contribution in [1.29, 1.82) is 0 Å². The zero-order valence-corrected chi connectivity index (χ0v) is 17.0. The van der Waals surface area contributed by atoms with E-state index in [1.54, 1.807) is 13.2 Å². The van der Waals surface area contributed by atoms with Crippen LogP contribution in [0.2, 0.25) is 0 Å². The number of carbonyl (C=O) groups excluding carboxylic acids is 1. The van der Waals surface area contributed by atoms with Gasteiger partial charge in [-0.25, -0.2) is 14.5 Å². The topological polar surface area (TPSA) is 127 Å². The number of fused-ring (bicyclic) bond motifs is 1. The fraction of sp³-hybridized carbons (Fsp3) is 0.176. The lowest BCUT2D eigenvalue weighted by Gasteiger charge is -2.10. The summed E-state index contributed by atoms with van der Waals surface area (Å²) in [5, 5.41) is 14.7. The lowest BCUT2D eigenvalue weighted by molar-refractivity contribution is -0.113. The van der Waals surface area contributed by atoms with Gasteiger partial charge in [-0.15, -0.1) is 10.2 Å². The molecule has 1 amide bonds. The summed E-state index contributed by atoms with van der Waals surface area (Å²) in [5.74, 6) is 0.807. The second-order valence-electron chi connectivity index (χ2n) is 5.81. The van der Waals surface area contributed by atoms with Gasteiger partial charge in [-0.05, 0) is 19.1 Å². The Morgan fingerprint density at radius 2 is 2.14 bits per heavy atom. The van der Waals surface area contributed by atoms with Crippen molar-refractivity contribution in [2.45, 2.75) is 12.1 Å². The summed E-state index contributed by atoms with van der Waals surface area (Å²) in [6.45, 7) is 1.81. The second-order valence-corrected chi connectivity index (χ2v) is 7.93. The van der Waals surface area contributed by atoms with E-state index >= 15 is 0 Å². The van der Waals surface area contributed by atoms with E-state index in [4.69, 9.17) is 4.74 Å². The number of hydrogen-bond donors (Lipinski definition) is 2. The number of aromatic amines is 1. The molecule has 1 aromatic carbocycles. The lowest BCUT2D eigenvalue weighted by atomic mass is 10.2. The fourth-order valence-corrected chi connectivity index (χ4v) is 3.92. The molecule has 0 unspecified atom stereocenters. The normalized spacial score (nSPS) is 11.0. The number of nitrogens with zero attached hydrogens (tertiary/aromatic N) is 5. The van der Waals surface area contributed by atoms with Gasteiger partial charge in [-0.3, -0.25) is 20.0 Å². The van der Waals surface area contributed by atoms with Crippen molar-refractivity contribution in [2.75, 3.05) is 18.2 Å². The molecule has 0 saturated carbocycles. The Morgan fingerprint density at radius 3 is 2.90 bits per heavy atom. The molecule has 0 atom stereocenters. The first kappa shape index (κ1) is 19.1. The maximum absolute atomic E-state index is 12.3. The summed E-state index contributed by atoms with van der Waals surface area (Å²) in [7, 11) is 1.56. The molecule has 12 heteroatoms. The monoisotopic (exact) mass is 429 g/mol. The van der Waals surface area contributed by atoms with E-state index in [2.05, 4.69) is 30.6 Å². The number of benzene rings is 1. The van der Waals surface area contributed by atoms with E-state index in [-0.39, 0.29) is 17.2 Å². The minimum atomic E-state index is -0.313. The van der Waals surface area contributed by atoms with Gasteiger partial charge in [0.15, 0.2) is 16.6 Å². The summed E-state index contributed by atoms with van der Waals surface area (Å²) >= 11 is 2.46. The SMILES string of the molecule is COc1ccccc1-c1nc(SCC(=O)Nc2nnc(C)s2)n2[nH]c(=O)cc2n1. The van der Waals surface area contributed by atoms with Gasteiger partial charge in [-0.2, -0.15) is 0 Å². The first-order valence-electron chi connectivity index (χ1n) is 8.39. The minimum Gasteiger partial charge on any atom is -0.496 e. The zero-order valence-electron chi connectivity index (χ0n) is 15.4. The van der Waals surface area contributed by atoms with E-state index in [1.165, 1.54) is 21.9 Å². The van der Waals surface area contributed by atoms with Crippen LogP contribution in [-0.2, 0) is 4.79 Å². The van der Waals surface area contributed by atoms with Crippen LogP contribution in [0.1, 0.15) is 5.01 Å². The minimum absolute atomic E-state index is 0.0658. The molecule has 0 radical (unpaired) electrons. The van der Waals surface area contributed by atoms with Crippen LogP contribution in [0.5, 0.6) is 5.75 Å². The van der Waals surface area contributed by atoms with Crippen molar-refractivity contribution in [1.82, 2.24) is 29.8 Å². The van der Waals surface area contributed by atoms with Gasteiger partial charge >= 0.3 is 0 Å². The quantitative estimate of drug-likeness (QED) is 0.446. The molecule has 3 aromatic heterocycles. The predicted molar refractivity (Wildman–Crippen MR) is 110 cm³/mol. The standard InChI is InChI=1S/C17H15N7O3S2/c1-9-21-22-16(29-9)19-14(26)8-28-17-20-15(10-5-3-4-6-11(10)27-2)18-12-7-13(25)23-24(12)17/h3-7H,8H2,1-2H3,(H,23,25)(H,19,22,26). The highest BCUT2D eigenvalue weighted by Crippen LogP contribution is 2.28. The highest BCUT2D eigenvalue weighted by molar-refractivity contribution is 7.99. The number of amides is 1. The summed E-state index contributed by atoms with van der Waals surface area (Å²) in [6.07, 6.45) is 0. The Kier molecular flexibility index (Phi) is 5.27. The smallest absolute Gasteiger partial charge is 0.266 e. The number of para-hydroxylation sites is 1. The van der Waals surface area contributed by atoms with Gasteiger partial charge < -0.3 is 4.74 Å². The van der Waals surface area contributed by atoms with Crippen molar-refractivity contribution < 1.29 is 9.53 Å². The molecule has 0 bridgehead atoms. The number of hydrogen-bond acceptors (Lipinski definition) is 9. The predicted octanol–water partition coefficient (Wildman–Crippen LogP) is 1.98. The molecule has 148 valence electrons. The third-order valence-corrected chi connectivity index (χ3v) is 5.47. The lowest BCUT2D eigenvalue weighted by Crippen LogP contribution is -2.15. The molecule has 0 aliphatic carbocycles. The number of aryl methyl sites for hydroxylation is 1. The number of anilines is 1. The third kappa shape index (κ3) is 4.12. The first-order chi connectivity index (χ1) is 14.0. The van der Waals surface area contributed by atoms with Crippen molar-refractivity contribution in [3.63, 3.8) is 0 Å².